The van der Waals surface area contributed by atoms with Crippen molar-refractivity contribution in [2.24, 2.45) is 0 Å². The fraction of sp³-hybridized carbons (Fsp3) is 0.176. The minimum absolute atomic E-state index is 0.206. The first-order valence-electron chi connectivity index (χ1n) is 7.23. The SMILES string of the molecule is CC1(C)c2ncncc2-n2c3ccncc3c3cncc1c32. The molecule has 0 fully saturated rings. The van der Waals surface area contributed by atoms with Gasteiger partial charge in [0.1, 0.15) is 6.33 Å². The maximum absolute atomic E-state index is 4.57. The summed E-state index contributed by atoms with van der Waals surface area (Å²) in [6.45, 7) is 4.38. The Labute approximate surface area is 126 Å². The summed E-state index contributed by atoms with van der Waals surface area (Å²) in [4.78, 5) is 17.6. The molecule has 106 valence electrons. The van der Waals surface area contributed by atoms with Crippen molar-refractivity contribution in [3.63, 3.8) is 0 Å². The highest BCUT2D eigenvalue weighted by Crippen LogP contribution is 2.45. The van der Waals surface area contributed by atoms with Gasteiger partial charge in [-0.3, -0.25) is 9.97 Å². The molecule has 22 heavy (non-hydrogen) atoms. The van der Waals surface area contributed by atoms with Crippen molar-refractivity contribution in [1.82, 2.24) is 24.5 Å². The minimum atomic E-state index is -0.206. The highest BCUT2D eigenvalue weighted by Gasteiger charge is 2.36. The highest BCUT2D eigenvalue weighted by atomic mass is 15.1. The van der Waals surface area contributed by atoms with Crippen molar-refractivity contribution in [2.75, 3.05) is 0 Å². The van der Waals surface area contributed by atoms with Crippen LogP contribution in [0.2, 0.25) is 0 Å². The van der Waals surface area contributed by atoms with Crippen molar-refractivity contribution < 1.29 is 0 Å². The Bertz CT molecular complexity index is 1060. The summed E-state index contributed by atoms with van der Waals surface area (Å²) in [6.07, 6.45) is 11.1. The number of pyridine rings is 2. The van der Waals surface area contributed by atoms with E-state index in [4.69, 9.17) is 0 Å². The van der Waals surface area contributed by atoms with Crippen LogP contribution in [0.3, 0.4) is 0 Å². The number of fused-ring (bicyclic) bond motifs is 5. The third-order valence-corrected chi connectivity index (χ3v) is 4.67. The predicted octanol–water partition coefficient (Wildman–Crippen LogP) is 3.00. The molecule has 5 rings (SSSR count). The zero-order valence-corrected chi connectivity index (χ0v) is 12.3. The lowest BCUT2D eigenvalue weighted by Gasteiger charge is -2.32. The van der Waals surface area contributed by atoms with E-state index in [1.807, 2.05) is 37.1 Å². The van der Waals surface area contributed by atoms with Gasteiger partial charge in [-0.05, 0) is 19.9 Å². The quantitative estimate of drug-likeness (QED) is 0.499. The van der Waals surface area contributed by atoms with Crippen molar-refractivity contribution in [3.05, 3.63) is 54.6 Å². The Morgan fingerprint density at radius 2 is 1.82 bits per heavy atom. The minimum Gasteiger partial charge on any atom is -0.305 e. The van der Waals surface area contributed by atoms with Crippen molar-refractivity contribution in [2.45, 2.75) is 19.3 Å². The molecule has 4 aromatic rings. The fourth-order valence-corrected chi connectivity index (χ4v) is 3.60. The van der Waals surface area contributed by atoms with Gasteiger partial charge in [0, 0.05) is 46.5 Å². The van der Waals surface area contributed by atoms with Gasteiger partial charge in [-0.1, -0.05) is 0 Å². The molecule has 0 amide bonds. The van der Waals surface area contributed by atoms with E-state index in [0.717, 1.165) is 27.7 Å². The van der Waals surface area contributed by atoms with E-state index >= 15 is 0 Å². The molecule has 1 aliphatic heterocycles. The molecule has 0 saturated heterocycles. The molecule has 0 unspecified atom stereocenters. The van der Waals surface area contributed by atoms with Crippen molar-refractivity contribution in [3.8, 4) is 5.69 Å². The van der Waals surface area contributed by atoms with Gasteiger partial charge in [0.15, 0.2) is 0 Å². The van der Waals surface area contributed by atoms with E-state index in [2.05, 4.69) is 38.4 Å². The van der Waals surface area contributed by atoms with E-state index in [1.54, 1.807) is 6.33 Å². The Morgan fingerprint density at radius 3 is 2.73 bits per heavy atom. The van der Waals surface area contributed by atoms with Crippen LogP contribution >= 0.6 is 0 Å². The fourth-order valence-electron chi connectivity index (χ4n) is 3.60. The third kappa shape index (κ3) is 1.20. The van der Waals surface area contributed by atoms with Crippen LogP contribution < -0.4 is 0 Å². The monoisotopic (exact) mass is 287 g/mol. The third-order valence-electron chi connectivity index (χ3n) is 4.67. The molecule has 0 spiro atoms. The Morgan fingerprint density at radius 1 is 0.955 bits per heavy atom. The molecule has 4 aromatic heterocycles. The summed E-state index contributed by atoms with van der Waals surface area (Å²) in [6, 6.07) is 2.04. The summed E-state index contributed by atoms with van der Waals surface area (Å²) in [7, 11) is 0. The number of aromatic nitrogens is 5. The molecular weight excluding hydrogens is 274 g/mol. The summed E-state index contributed by atoms with van der Waals surface area (Å²) in [5.41, 5.74) is 5.35. The second kappa shape index (κ2) is 3.68. The maximum atomic E-state index is 4.57. The second-order valence-electron chi connectivity index (χ2n) is 6.19. The lowest BCUT2D eigenvalue weighted by Crippen LogP contribution is -2.28. The second-order valence-corrected chi connectivity index (χ2v) is 6.19. The van der Waals surface area contributed by atoms with Gasteiger partial charge < -0.3 is 4.57 Å². The summed E-state index contributed by atoms with van der Waals surface area (Å²) in [5, 5.41) is 2.24. The van der Waals surface area contributed by atoms with E-state index in [0.29, 0.717) is 0 Å². The van der Waals surface area contributed by atoms with Crippen molar-refractivity contribution >= 4 is 21.8 Å². The highest BCUT2D eigenvalue weighted by molar-refractivity contribution is 6.10. The molecule has 0 saturated carbocycles. The Hall–Kier alpha value is -2.82. The van der Waals surface area contributed by atoms with Gasteiger partial charge in [0.05, 0.1) is 28.6 Å². The van der Waals surface area contributed by atoms with Crippen LogP contribution in [-0.2, 0) is 5.41 Å². The molecule has 0 atom stereocenters. The van der Waals surface area contributed by atoms with Gasteiger partial charge in [-0.25, -0.2) is 9.97 Å². The zero-order chi connectivity index (χ0) is 14.9. The van der Waals surface area contributed by atoms with Crippen molar-refractivity contribution in [1.29, 1.82) is 0 Å². The molecule has 5 nitrogen and oxygen atoms in total. The van der Waals surface area contributed by atoms with Crippen LogP contribution in [0.25, 0.3) is 27.5 Å². The molecule has 5 heteroatoms. The maximum Gasteiger partial charge on any atom is 0.115 e. The lowest BCUT2D eigenvalue weighted by molar-refractivity contribution is 0.600. The Kier molecular flexibility index (Phi) is 1.97. The molecule has 0 radical (unpaired) electrons. The first-order chi connectivity index (χ1) is 10.7. The molecule has 5 heterocycles. The van der Waals surface area contributed by atoms with Gasteiger partial charge in [-0.15, -0.1) is 0 Å². The number of hydrogen-bond acceptors (Lipinski definition) is 4. The predicted molar refractivity (Wildman–Crippen MR) is 84.1 cm³/mol. The first-order valence-corrected chi connectivity index (χ1v) is 7.23. The summed E-state index contributed by atoms with van der Waals surface area (Å²) < 4.78 is 2.24. The average molecular weight is 287 g/mol. The van der Waals surface area contributed by atoms with E-state index in [-0.39, 0.29) is 5.41 Å². The van der Waals surface area contributed by atoms with E-state index < -0.39 is 0 Å². The number of rotatable bonds is 0. The average Bonchev–Trinajstić information content (AvgIpc) is 2.88. The molecule has 0 bridgehead atoms. The Balaban J connectivity index is 2.15. The topological polar surface area (TPSA) is 56.5 Å². The molecule has 1 aliphatic rings. The molecule has 0 aromatic carbocycles. The zero-order valence-electron chi connectivity index (χ0n) is 12.3. The van der Waals surface area contributed by atoms with E-state index in [9.17, 15) is 0 Å². The lowest BCUT2D eigenvalue weighted by atomic mass is 9.79. The van der Waals surface area contributed by atoms with Gasteiger partial charge >= 0.3 is 0 Å². The number of hydrogen-bond donors (Lipinski definition) is 0. The number of nitrogens with zero attached hydrogens (tertiary/aromatic N) is 5. The molecule has 0 N–H and O–H groups in total. The smallest absolute Gasteiger partial charge is 0.115 e. The largest absolute Gasteiger partial charge is 0.305 e. The van der Waals surface area contributed by atoms with Gasteiger partial charge in [-0.2, -0.15) is 0 Å². The van der Waals surface area contributed by atoms with Crippen LogP contribution in [0.15, 0.2) is 43.4 Å². The van der Waals surface area contributed by atoms with Crippen LogP contribution in [-0.4, -0.2) is 24.5 Å². The van der Waals surface area contributed by atoms with Crippen LogP contribution in [0.1, 0.15) is 25.1 Å². The normalized spacial score (nSPS) is 15.2. The summed E-state index contributed by atoms with van der Waals surface area (Å²) >= 11 is 0. The van der Waals surface area contributed by atoms with Gasteiger partial charge in [0.25, 0.3) is 0 Å². The van der Waals surface area contributed by atoms with Crippen LogP contribution in [0.4, 0.5) is 0 Å². The van der Waals surface area contributed by atoms with Crippen LogP contribution in [0, 0.1) is 0 Å². The molecule has 0 aliphatic carbocycles. The van der Waals surface area contributed by atoms with Gasteiger partial charge in [0.2, 0.25) is 0 Å². The molecular formula is C17H13N5. The standard InChI is InChI=1S/C17H13N5/c1-17(2)12-7-19-6-11-10-5-18-4-3-13(10)22(15(11)12)14-8-20-9-21-16(14)17/h3-9H,1-2H3. The van der Waals surface area contributed by atoms with E-state index in [1.165, 1.54) is 11.1 Å². The summed E-state index contributed by atoms with van der Waals surface area (Å²) in [5.74, 6) is 0. The van der Waals surface area contributed by atoms with Crippen LogP contribution in [0.5, 0.6) is 0 Å². The first kappa shape index (κ1) is 11.8.